The Morgan fingerprint density at radius 1 is 1.03 bits per heavy atom. The summed E-state index contributed by atoms with van der Waals surface area (Å²) in [5.74, 6) is 0.970. The molecule has 150 valence electrons. The summed E-state index contributed by atoms with van der Waals surface area (Å²) in [5, 5.41) is 7.51. The van der Waals surface area contributed by atoms with Gasteiger partial charge in [0.2, 0.25) is 5.91 Å². The normalized spacial score (nSPS) is 14.6. The Kier molecular flexibility index (Phi) is 5.60. The molecule has 6 nitrogen and oxygen atoms in total. The van der Waals surface area contributed by atoms with E-state index < -0.39 is 0 Å². The number of hydrogen-bond donors (Lipinski definition) is 1. The summed E-state index contributed by atoms with van der Waals surface area (Å²) in [5.41, 5.74) is 3.80. The SMILES string of the molecule is COc1nc(-c2ccc(C)cc2)n(-c2ccc(NC(=O)C3CCCCC3)cc2)n1. The number of nitrogens with one attached hydrogen (secondary N) is 1. The van der Waals surface area contributed by atoms with Crippen LogP contribution in [-0.2, 0) is 4.79 Å². The van der Waals surface area contributed by atoms with E-state index in [-0.39, 0.29) is 11.8 Å². The summed E-state index contributed by atoms with van der Waals surface area (Å²) < 4.78 is 7.01. The average molecular weight is 390 g/mol. The first kappa shape index (κ1) is 19.2. The molecule has 4 rings (SSSR count). The van der Waals surface area contributed by atoms with E-state index in [1.165, 1.54) is 12.0 Å². The minimum absolute atomic E-state index is 0.125. The molecule has 0 saturated heterocycles. The van der Waals surface area contributed by atoms with Crippen molar-refractivity contribution >= 4 is 11.6 Å². The van der Waals surface area contributed by atoms with Crippen LogP contribution in [0.3, 0.4) is 0 Å². The third kappa shape index (κ3) is 4.31. The Labute approximate surface area is 170 Å². The fourth-order valence-corrected chi connectivity index (χ4v) is 3.74. The number of carbonyl (C=O) groups excluding carboxylic acids is 1. The molecule has 1 heterocycles. The first-order chi connectivity index (χ1) is 14.1. The van der Waals surface area contributed by atoms with Gasteiger partial charge in [0.05, 0.1) is 12.8 Å². The van der Waals surface area contributed by atoms with Crippen molar-refractivity contribution in [1.82, 2.24) is 14.8 Å². The molecule has 2 aromatic carbocycles. The lowest BCUT2D eigenvalue weighted by Gasteiger charge is -2.20. The molecule has 6 heteroatoms. The minimum Gasteiger partial charge on any atom is -0.466 e. The number of ether oxygens (including phenoxy) is 1. The Bertz CT molecular complexity index is 971. The van der Waals surface area contributed by atoms with E-state index in [1.807, 2.05) is 48.5 Å². The number of amides is 1. The lowest BCUT2D eigenvalue weighted by molar-refractivity contribution is -0.120. The Hall–Kier alpha value is -3.15. The van der Waals surface area contributed by atoms with Gasteiger partial charge in [-0.15, -0.1) is 5.10 Å². The van der Waals surface area contributed by atoms with E-state index in [9.17, 15) is 4.79 Å². The van der Waals surface area contributed by atoms with Crippen molar-refractivity contribution in [3.63, 3.8) is 0 Å². The molecule has 1 N–H and O–H groups in total. The van der Waals surface area contributed by atoms with Crippen molar-refractivity contribution in [3.8, 4) is 23.1 Å². The Morgan fingerprint density at radius 2 is 1.72 bits per heavy atom. The highest BCUT2D eigenvalue weighted by molar-refractivity contribution is 5.92. The summed E-state index contributed by atoms with van der Waals surface area (Å²) >= 11 is 0. The Morgan fingerprint density at radius 3 is 2.38 bits per heavy atom. The number of rotatable bonds is 5. The molecule has 1 aliphatic rings. The molecule has 1 saturated carbocycles. The summed E-state index contributed by atoms with van der Waals surface area (Å²) in [6, 6.07) is 16.1. The van der Waals surface area contributed by atoms with E-state index in [4.69, 9.17) is 4.74 Å². The predicted octanol–water partition coefficient (Wildman–Crippen LogP) is 4.77. The monoisotopic (exact) mass is 390 g/mol. The second kappa shape index (κ2) is 8.47. The third-order valence-corrected chi connectivity index (χ3v) is 5.44. The minimum atomic E-state index is 0.125. The number of methoxy groups -OCH3 is 1. The van der Waals surface area contributed by atoms with Crippen LogP contribution in [0, 0.1) is 12.8 Å². The second-order valence-electron chi connectivity index (χ2n) is 7.57. The summed E-state index contributed by atoms with van der Waals surface area (Å²) in [6.07, 6.45) is 5.51. The van der Waals surface area contributed by atoms with E-state index >= 15 is 0 Å². The van der Waals surface area contributed by atoms with Crippen LogP contribution >= 0.6 is 0 Å². The molecule has 1 aromatic heterocycles. The molecule has 0 atom stereocenters. The molecule has 0 aliphatic heterocycles. The molecule has 29 heavy (non-hydrogen) atoms. The summed E-state index contributed by atoms with van der Waals surface area (Å²) in [7, 11) is 1.56. The highest BCUT2D eigenvalue weighted by Crippen LogP contribution is 2.27. The fraction of sp³-hybridized carbons (Fsp3) is 0.348. The topological polar surface area (TPSA) is 69.0 Å². The van der Waals surface area contributed by atoms with Crippen molar-refractivity contribution in [2.75, 3.05) is 12.4 Å². The highest BCUT2D eigenvalue weighted by Gasteiger charge is 2.21. The zero-order chi connectivity index (χ0) is 20.2. The van der Waals surface area contributed by atoms with Crippen LogP contribution in [-0.4, -0.2) is 27.8 Å². The molecule has 0 spiro atoms. The molecule has 3 aromatic rings. The maximum absolute atomic E-state index is 12.5. The molecule has 1 fully saturated rings. The van der Waals surface area contributed by atoms with Crippen LogP contribution in [0.15, 0.2) is 48.5 Å². The van der Waals surface area contributed by atoms with Crippen LogP contribution < -0.4 is 10.1 Å². The predicted molar refractivity (Wildman–Crippen MR) is 113 cm³/mol. The number of aryl methyl sites for hydroxylation is 1. The highest BCUT2D eigenvalue weighted by atomic mass is 16.5. The molecule has 1 amide bonds. The lowest BCUT2D eigenvalue weighted by Crippen LogP contribution is -2.24. The number of benzene rings is 2. The molecule has 0 radical (unpaired) electrons. The van der Waals surface area contributed by atoms with Crippen molar-refractivity contribution in [1.29, 1.82) is 0 Å². The van der Waals surface area contributed by atoms with Crippen LogP contribution in [0.4, 0.5) is 5.69 Å². The van der Waals surface area contributed by atoms with Gasteiger partial charge in [-0.05, 0) is 44.0 Å². The molecular formula is C23H26N4O2. The lowest BCUT2D eigenvalue weighted by atomic mass is 9.88. The molecule has 0 bridgehead atoms. The van der Waals surface area contributed by atoms with E-state index in [2.05, 4.69) is 22.3 Å². The van der Waals surface area contributed by atoms with Crippen molar-refractivity contribution in [2.24, 2.45) is 5.92 Å². The largest absolute Gasteiger partial charge is 0.466 e. The van der Waals surface area contributed by atoms with Gasteiger partial charge >= 0.3 is 6.01 Å². The zero-order valence-corrected chi connectivity index (χ0v) is 16.9. The maximum atomic E-state index is 12.5. The first-order valence-electron chi connectivity index (χ1n) is 10.1. The smallest absolute Gasteiger partial charge is 0.336 e. The molecule has 1 aliphatic carbocycles. The fourth-order valence-electron chi connectivity index (χ4n) is 3.74. The zero-order valence-electron chi connectivity index (χ0n) is 16.9. The van der Waals surface area contributed by atoms with Gasteiger partial charge in [0.1, 0.15) is 0 Å². The van der Waals surface area contributed by atoms with Crippen LogP contribution in [0.1, 0.15) is 37.7 Å². The van der Waals surface area contributed by atoms with Gasteiger partial charge in [-0.2, -0.15) is 4.98 Å². The number of aromatic nitrogens is 3. The standard InChI is InChI=1S/C23H26N4O2/c1-16-8-10-17(11-9-16)21-25-23(29-2)26-27(21)20-14-12-19(13-15-20)24-22(28)18-6-4-3-5-7-18/h8-15,18H,3-7H2,1-2H3,(H,24,28). The average Bonchev–Trinajstić information content (AvgIpc) is 3.20. The van der Waals surface area contributed by atoms with Gasteiger partial charge in [0.25, 0.3) is 0 Å². The van der Waals surface area contributed by atoms with E-state index in [0.29, 0.717) is 11.8 Å². The van der Waals surface area contributed by atoms with Gasteiger partial charge < -0.3 is 10.1 Å². The van der Waals surface area contributed by atoms with Crippen LogP contribution in [0.25, 0.3) is 17.1 Å². The van der Waals surface area contributed by atoms with Crippen molar-refractivity contribution < 1.29 is 9.53 Å². The van der Waals surface area contributed by atoms with Gasteiger partial charge in [-0.3, -0.25) is 4.79 Å². The van der Waals surface area contributed by atoms with Crippen LogP contribution in [0.5, 0.6) is 6.01 Å². The van der Waals surface area contributed by atoms with Gasteiger partial charge in [0.15, 0.2) is 5.82 Å². The van der Waals surface area contributed by atoms with Gasteiger partial charge in [-0.25, -0.2) is 4.68 Å². The molecular weight excluding hydrogens is 364 g/mol. The van der Waals surface area contributed by atoms with Crippen molar-refractivity contribution in [3.05, 3.63) is 54.1 Å². The third-order valence-electron chi connectivity index (χ3n) is 5.44. The number of carbonyl (C=O) groups is 1. The number of hydrogen-bond acceptors (Lipinski definition) is 4. The molecule has 0 unspecified atom stereocenters. The van der Waals surface area contributed by atoms with E-state index in [0.717, 1.165) is 42.6 Å². The quantitative estimate of drug-likeness (QED) is 0.681. The second-order valence-corrected chi connectivity index (χ2v) is 7.57. The Balaban J connectivity index is 1.56. The number of nitrogens with zero attached hydrogens (tertiary/aromatic N) is 3. The maximum Gasteiger partial charge on any atom is 0.336 e. The van der Waals surface area contributed by atoms with Crippen LogP contribution in [0.2, 0.25) is 0 Å². The van der Waals surface area contributed by atoms with E-state index in [1.54, 1.807) is 11.8 Å². The number of anilines is 1. The summed E-state index contributed by atoms with van der Waals surface area (Å²) in [6.45, 7) is 2.05. The summed E-state index contributed by atoms with van der Waals surface area (Å²) in [4.78, 5) is 17.0. The first-order valence-corrected chi connectivity index (χ1v) is 10.1. The van der Waals surface area contributed by atoms with Gasteiger partial charge in [-0.1, -0.05) is 49.1 Å². The van der Waals surface area contributed by atoms with Gasteiger partial charge in [0, 0.05) is 17.2 Å². The van der Waals surface area contributed by atoms with Crippen molar-refractivity contribution in [2.45, 2.75) is 39.0 Å².